The highest BCUT2D eigenvalue weighted by Gasteiger charge is 2.51. The SMILES string of the molecule is COC(C)(C)CCN1C(=O)C(C2CC2)NC(=O)C1C1CC1. The fourth-order valence-electron chi connectivity index (χ4n) is 3.13. The first-order valence-corrected chi connectivity index (χ1v) is 8.09. The smallest absolute Gasteiger partial charge is 0.246 e. The van der Waals surface area contributed by atoms with Gasteiger partial charge in [-0.3, -0.25) is 9.59 Å². The van der Waals surface area contributed by atoms with Crippen LogP contribution in [0.3, 0.4) is 0 Å². The highest BCUT2D eigenvalue weighted by molar-refractivity contribution is 5.97. The van der Waals surface area contributed by atoms with Crippen molar-refractivity contribution in [1.82, 2.24) is 10.2 Å². The van der Waals surface area contributed by atoms with Crippen molar-refractivity contribution in [3.63, 3.8) is 0 Å². The summed E-state index contributed by atoms with van der Waals surface area (Å²) in [4.78, 5) is 27.1. The van der Waals surface area contributed by atoms with Crippen LogP contribution in [0.5, 0.6) is 0 Å². The Morgan fingerprint density at radius 3 is 2.33 bits per heavy atom. The molecule has 0 aromatic rings. The van der Waals surface area contributed by atoms with Crippen LogP contribution >= 0.6 is 0 Å². The Kier molecular flexibility index (Phi) is 3.72. The summed E-state index contributed by atoms with van der Waals surface area (Å²) in [5, 5.41) is 2.98. The molecule has 118 valence electrons. The van der Waals surface area contributed by atoms with Crippen molar-refractivity contribution in [3.8, 4) is 0 Å². The Balaban J connectivity index is 1.73. The largest absolute Gasteiger partial charge is 0.379 e. The number of hydrogen-bond donors (Lipinski definition) is 1. The molecule has 2 unspecified atom stereocenters. The Hall–Kier alpha value is -1.10. The van der Waals surface area contributed by atoms with E-state index >= 15 is 0 Å². The third-order valence-corrected chi connectivity index (χ3v) is 5.12. The lowest BCUT2D eigenvalue weighted by Crippen LogP contribution is -2.65. The fourth-order valence-corrected chi connectivity index (χ4v) is 3.13. The molecule has 3 fully saturated rings. The molecule has 1 aliphatic heterocycles. The number of nitrogens with one attached hydrogen (secondary N) is 1. The average molecular weight is 294 g/mol. The molecule has 0 spiro atoms. The van der Waals surface area contributed by atoms with Crippen LogP contribution in [0.2, 0.25) is 0 Å². The molecule has 1 heterocycles. The Labute approximate surface area is 126 Å². The van der Waals surface area contributed by atoms with Crippen molar-refractivity contribution in [2.45, 2.75) is 63.6 Å². The van der Waals surface area contributed by atoms with Crippen LogP contribution in [0.25, 0.3) is 0 Å². The van der Waals surface area contributed by atoms with Gasteiger partial charge in [0, 0.05) is 13.7 Å². The molecule has 3 rings (SSSR count). The molecular formula is C16H26N2O3. The van der Waals surface area contributed by atoms with Gasteiger partial charge in [-0.05, 0) is 57.8 Å². The van der Waals surface area contributed by atoms with E-state index in [4.69, 9.17) is 4.74 Å². The average Bonchev–Trinajstić information content (AvgIpc) is 3.30. The molecule has 0 bridgehead atoms. The molecular weight excluding hydrogens is 268 g/mol. The van der Waals surface area contributed by atoms with E-state index in [-0.39, 0.29) is 29.5 Å². The second kappa shape index (κ2) is 5.27. The summed E-state index contributed by atoms with van der Waals surface area (Å²) >= 11 is 0. The zero-order chi connectivity index (χ0) is 15.2. The summed E-state index contributed by atoms with van der Waals surface area (Å²) in [5.74, 6) is 0.907. The molecule has 0 aromatic heterocycles. The van der Waals surface area contributed by atoms with Gasteiger partial charge in [0.15, 0.2) is 0 Å². The number of rotatable bonds is 6. The van der Waals surface area contributed by atoms with Crippen LogP contribution in [-0.4, -0.2) is 48.1 Å². The van der Waals surface area contributed by atoms with E-state index in [9.17, 15) is 9.59 Å². The molecule has 1 N–H and O–H groups in total. The molecule has 21 heavy (non-hydrogen) atoms. The van der Waals surface area contributed by atoms with Crippen molar-refractivity contribution >= 4 is 11.8 Å². The lowest BCUT2D eigenvalue weighted by atomic mass is 9.98. The van der Waals surface area contributed by atoms with Crippen molar-refractivity contribution in [2.75, 3.05) is 13.7 Å². The van der Waals surface area contributed by atoms with Crippen LogP contribution in [0.4, 0.5) is 0 Å². The van der Waals surface area contributed by atoms with Crippen molar-refractivity contribution < 1.29 is 14.3 Å². The van der Waals surface area contributed by atoms with Gasteiger partial charge < -0.3 is 15.0 Å². The molecule has 3 aliphatic rings. The van der Waals surface area contributed by atoms with Gasteiger partial charge in [0.05, 0.1) is 5.60 Å². The van der Waals surface area contributed by atoms with Gasteiger partial charge in [0.2, 0.25) is 11.8 Å². The van der Waals surface area contributed by atoms with Crippen LogP contribution in [0.1, 0.15) is 46.0 Å². The number of ether oxygens (including phenoxy) is 1. The minimum absolute atomic E-state index is 0.0595. The van der Waals surface area contributed by atoms with E-state index in [0.29, 0.717) is 18.4 Å². The molecule has 2 amide bonds. The molecule has 5 heteroatoms. The Bertz CT molecular complexity index is 441. The van der Waals surface area contributed by atoms with E-state index in [1.807, 2.05) is 18.7 Å². The quantitative estimate of drug-likeness (QED) is 0.804. The number of carbonyl (C=O) groups excluding carboxylic acids is 2. The van der Waals surface area contributed by atoms with Gasteiger partial charge in [-0.1, -0.05) is 0 Å². The van der Waals surface area contributed by atoms with Crippen LogP contribution in [-0.2, 0) is 14.3 Å². The van der Waals surface area contributed by atoms with Gasteiger partial charge >= 0.3 is 0 Å². The number of methoxy groups -OCH3 is 1. The van der Waals surface area contributed by atoms with Gasteiger partial charge in [-0.2, -0.15) is 0 Å². The number of carbonyl (C=O) groups is 2. The zero-order valence-corrected chi connectivity index (χ0v) is 13.2. The third-order valence-electron chi connectivity index (χ3n) is 5.12. The molecule has 5 nitrogen and oxygen atoms in total. The molecule has 0 aromatic carbocycles. The Morgan fingerprint density at radius 1 is 1.19 bits per heavy atom. The van der Waals surface area contributed by atoms with E-state index in [2.05, 4.69) is 5.32 Å². The van der Waals surface area contributed by atoms with Gasteiger partial charge in [-0.25, -0.2) is 0 Å². The van der Waals surface area contributed by atoms with Gasteiger partial charge in [0.25, 0.3) is 0 Å². The van der Waals surface area contributed by atoms with E-state index in [0.717, 1.165) is 32.1 Å². The van der Waals surface area contributed by atoms with E-state index in [1.165, 1.54) is 0 Å². The number of nitrogens with zero attached hydrogens (tertiary/aromatic N) is 1. The lowest BCUT2D eigenvalue weighted by Gasteiger charge is -2.40. The highest BCUT2D eigenvalue weighted by atomic mass is 16.5. The minimum atomic E-state index is -0.279. The first-order chi connectivity index (χ1) is 9.93. The van der Waals surface area contributed by atoms with Crippen molar-refractivity contribution in [3.05, 3.63) is 0 Å². The first kappa shape index (κ1) is 14.8. The maximum Gasteiger partial charge on any atom is 0.246 e. The molecule has 2 saturated carbocycles. The van der Waals surface area contributed by atoms with Gasteiger partial charge in [0.1, 0.15) is 12.1 Å². The van der Waals surface area contributed by atoms with Crippen molar-refractivity contribution in [1.29, 1.82) is 0 Å². The van der Waals surface area contributed by atoms with Crippen LogP contribution in [0, 0.1) is 11.8 Å². The number of amides is 2. The molecule has 0 radical (unpaired) electrons. The van der Waals surface area contributed by atoms with E-state index in [1.54, 1.807) is 7.11 Å². The fraction of sp³-hybridized carbons (Fsp3) is 0.875. The minimum Gasteiger partial charge on any atom is -0.379 e. The summed E-state index contributed by atoms with van der Waals surface area (Å²) in [7, 11) is 1.69. The third kappa shape index (κ3) is 3.07. The predicted molar refractivity (Wildman–Crippen MR) is 78.6 cm³/mol. The standard InChI is InChI=1S/C16H26N2O3/c1-16(2,21-3)8-9-18-13(11-6-7-11)14(19)17-12(15(18)20)10-4-5-10/h10-13H,4-9H2,1-3H3,(H,17,19). The monoisotopic (exact) mass is 294 g/mol. The summed E-state index contributed by atoms with van der Waals surface area (Å²) in [6.45, 7) is 4.65. The molecule has 2 aliphatic carbocycles. The first-order valence-electron chi connectivity index (χ1n) is 8.09. The lowest BCUT2D eigenvalue weighted by molar-refractivity contribution is -0.151. The van der Waals surface area contributed by atoms with Crippen LogP contribution in [0.15, 0.2) is 0 Å². The second-order valence-corrected chi connectivity index (χ2v) is 7.35. The second-order valence-electron chi connectivity index (χ2n) is 7.35. The Morgan fingerprint density at radius 2 is 1.81 bits per heavy atom. The summed E-state index contributed by atoms with van der Waals surface area (Å²) in [6, 6.07) is -0.529. The number of hydrogen-bond acceptors (Lipinski definition) is 3. The summed E-state index contributed by atoms with van der Waals surface area (Å²) < 4.78 is 5.45. The zero-order valence-electron chi connectivity index (χ0n) is 13.2. The van der Waals surface area contributed by atoms with E-state index < -0.39 is 0 Å². The van der Waals surface area contributed by atoms with Crippen molar-refractivity contribution in [2.24, 2.45) is 11.8 Å². The highest BCUT2D eigenvalue weighted by Crippen LogP contribution is 2.40. The maximum absolute atomic E-state index is 12.8. The summed E-state index contributed by atoms with van der Waals surface area (Å²) in [5.41, 5.74) is -0.266. The molecule has 2 atom stereocenters. The number of piperazine rings is 1. The molecule has 1 saturated heterocycles. The maximum atomic E-state index is 12.8. The van der Waals surface area contributed by atoms with Gasteiger partial charge in [-0.15, -0.1) is 0 Å². The predicted octanol–water partition coefficient (Wildman–Crippen LogP) is 1.32. The normalized spacial score (nSPS) is 30.5. The van der Waals surface area contributed by atoms with Crippen LogP contribution < -0.4 is 5.32 Å². The topological polar surface area (TPSA) is 58.6 Å². The summed E-state index contributed by atoms with van der Waals surface area (Å²) in [6.07, 6.45) is 4.99.